The summed E-state index contributed by atoms with van der Waals surface area (Å²) in [4.78, 5) is 36.8. The Morgan fingerprint density at radius 1 is 1.15 bits per heavy atom. The van der Waals surface area contributed by atoms with Crippen molar-refractivity contribution in [3.05, 3.63) is 65.4 Å². The highest BCUT2D eigenvalue weighted by molar-refractivity contribution is 7.13. The van der Waals surface area contributed by atoms with Gasteiger partial charge in [0.15, 0.2) is 10.8 Å². The van der Waals surface area contributed by atoms with Gasteiger partial charge in [0.05, 0.1) is 19.6 Å². The fraction of sp³-hybridized carbons (Fsp3) is 0.167. The van der Waals surface area contributed by atoms with Gasteiger partial charge < -0.3 is 10.1 Å². The monoisotopic (exact) mass is 368 g/mol. The topological polar surface area (TPSA) is 94.1 Å². The van der Waals surface area contributed by atoms with Crippen LogP contribution >= 0.6 is 11.3 Å². The van der Waals surface area contributed by atoms with Gasteiger partial charge in [-0.2, -0.15) is 0 Å². The van der Waals surface area contributed by atoms with Crippen molar-refractivity contribution in [3.8, 4) is 10.8 Å². The van der Waals surface area contributed by atoms with Crippen molar-refractivity contribution in [2.75, 3.05) is 7.11 Å². The lowest BCUT2D eigenvalue weighted by molar-refractivity contribution is -0.141. The van der Waals surface area contributed by atoms with Gasteiger partial charge in [-0.15, -0.1) is 11.3 Å². The molecule has 3 rings (SSSR count). The molecule has 7 nitrogen and oxygen atoms in total. The van der Waals surface area contributed by atoms with Gasteiger partial charge in [-0.05, 0) is 11.6 Å². The van der Waals surface area contributed by atoms with E-state index in [0.717, 1.165) is 5.56 Å². The number of hydrogen-bond acceptors (Lipinski definition) is 7. The van der Waals surface area contributed by atoms with Crippen molar-refractivity contribution in [2.24, 2.45) is 0 Å². The van der Waals surface area contributed by atoms with Crippen molar-refractivity contribution in [3.63, 3.8) is 0 Å². The van der Waals surface area contributed by atoms with Crippen LogP contribution in [0.5, 0.6) is 0 Å². The van der Waals surface area contributed by atoms with E-state index in [0.29, 0.717) is 10.8 Å². The van der Waals surface area contributed by atoms with E-state index in [-0.39, 0.29) is 18.0 Å². The first kappa shape index (κ1) is 17.7. The molecule has 2 heterocycles. The van der Waals surface area contributed by atoms with Crippen LogP contribution in [0.25, 0.3) is 10.8 Å². The molecular formula is C18H16N4O3S. The van der Waals surface area contributed by atoms with Crippen LogP contribution in [-0.4, -0.2) is 33.9 Å². The number of hydrogen-bond donors (Lipinski definition) is 1. The molecule has 8 heteroatoms. The largest absolute Gasteiger partial charge is 0.469 e. The molecule has 132 valence electrons. The highest BCUT2D eigenvalue weighted by Crippen LogP contribution is 2.21. The van der Waals surface area contributed by atoms with E-state index in [1.165, 1.54) is 18.4 Å². The highest BCUT2D eigenvalue weighted by atomic mass is 32.1. The fourth-order valence-electron chi connectivity index (χ4n) is 2.31. The SMILES string of the molecule is COC(=O)CC(NC(=O)c1csc(-c2ncccn2)n1)c1ccccc1. The smallest absolute Gasteiger partial charge is 0.307 e. The summed E-state index contributed by atoms with van der Waals surface area (Å²) in [6.07, 6.45) is 3.27. The lowest BCUT2D eigenvalue weighted by Crippen LogP contribution is -2.30. The van der Waals surface area contributed by atoms with E-state index in [4.69, 9.17) is 4.74 Å². The first-order chi connectivity index (χ1) is 12.7. The first-order valence-corrected chi connectivity index (χ1v) is 8.71. The average Bonchev–Trinajstić information content (AvgIpc) is 3.19. The van der Waals surface area contributed by atoms with Gasteiger partial charge in [-0.25, -0.2) is 15.0 Å². The zero-order chi connectivity index (χ0) is 18.4. The number of esters is 1. The molecule has 0 saturated heterocycles. The number of nitrogens with zero attached hydrogens (tertiary/aromatic N) is 3. The van der Waals surface area contributed by atoms with E-state index in [9.17, 15) is 9.59 Å². The summed E-state index contributed by atoms with van der Waals surface area (Å²) in [5.74, 6) is -0.317. The zero-order valence-electron chi connectivity index (χ0n) is 14.0. The number of carbonyl (C=O) groups is 2. The van der Waals surface area contributed by atoms with Crippen LogP contribution < -0.4 is 5.32 Å². The predicted octanol–water partition coefficient (Wildman–Crippen LogP) is 2.63. The van der Waals surface area contributed by atoms with Crippen molar-refractivity contribution in [1.82, 2.24) is 20.3 Å². The molecule has 2 aromatic heterocycles. The van der Waals surface area contributed by atoms with Gasteiger partial charge >= 0.3 is 5.97 Å². The summed E-state index contributed by atoms with van der Waals surface area (Å²) in [6.45, 7) is 0. The van der Waals surface area contributed by atoms with Crippen LogP contribution in [0.4, 0.5) is 0 Å². The Hall–Kier alpha value is -3.13. The molecule has 26 heavy (non-hydrogen) atoms. The van der Waals surface area contributed by atoms with Gasteiger partial charge in [0.25, 0.3) is 5.91 Å². The summed E-state index contributed by atoms with van der Waals surface area (Å²) in [5, 5.41) is 5.04. The molecule has 0 radical (unpaired) electrons. The van der Waals surface area contributed by atoms with Crippen molar-refractivity contribution >= 4 is 23.2 Å². The van der Waals surface area contributed by atoms with Crippen LogP contribution in [0.1, 0.15) is 28.5 Å². The Labute approximate surface area is 154 Å². The lowest BCUT2D eigenvalue weighted by atomic mass is 10.0. The van der Waals surface area contributed by atoms with Crippen LogP contribution in [0.2, 0.25) is 0 Å². The number of aromatic nitrogens is 3. The third-order valence-electron chi connectivity index (χ3n) is 3.60. The molecule has 1 unspecified atom stereocenters. The molecule has 1 aromatic carbocycles. The van der Waals surface area contributed by atoms with Crippen molar-refractivity contribution in [1.29, 1.82) is 0 Å². The number of methoxy groups -OCH3 is 1. The first-order valence-electron chi connectivity index (χ1n) is 7.83. The van der Waals surface area contributed by atoms with E-state index in [1.54, 1.807) is 23.8 Å². The molecule has 1 amide bonds. The predicted molar refractivity (Wildman–Crippen MR) is 96.4 cm³/mol. The minimum absolute atomic E-state index is 0.0328. The highest BCUT2D eigenvalue weighted by Gasteiger charge is 2.21. The maximum absolute atomic E-state index is 12.6. The Morgan fingerprint density at radius 2 is 1.88 bits per heavy atom. The Kier molecular flexibility index (Phi) is 5.65. The second-order valence-electron chi connectivity index (χ2n) is 5.33. The van der Waals surface area contributed by atoms with Gasteiger partial charge in [-0.1, -0.05) is 30.3 Å². The number of ether oxygens (including phenoxy) is 1. The molecular weight excluding hydrogens is 352 g/mol. The van der Waals surface area contributed by atoms with Crippen LogP contribution in [0.15, 0.2) is 54.2 Å². The Bertz CT molecular complexity index is 884. The van der Waals surface area contributed by atoms with Crippen LogP contribution in [0.3, 0.4) is 0 Å². The molecule has 0 aliphatic rings. The number of rotatable bonds is 6. The molecule has 0 spiro atoms. The minimum Gasteiger partial charge on any atom is -0.469 e. The lowest BCUT2D eigenvalue weighted by Gasteiger charge is -2.17. The second kappa shape index (κ2) is 8.30. The number of amides is 1. The summed E-state index contributed by atoms with van der Waals surface area (Å²) in [6, 6.07) is 10.5. The van der Waals surface area contributed by atoms with Gasteiger partial charge in [0, 0.05) is 17.8 Å². The van der Waals surface area contributed by atoms with Gasteiger partial charge in [0.2, 0.25) is 0 Å². The summed E-state index contributed by atoms with van der Waals surface area (Å²) < 4.78 is 4.73. The second-order valence-corrected chi connectivity index (χ2v) is 6.19. The van der Waals surface area contributed by atoms with Crippen molar-refractivity contribution < 1.29 is 14.3 Å². The molecule has 0 bridgehead atoms. The third kappa shape index (κ3) is 4.28. The van der Waals surface area contributed by atoms with Crippen LogP contribution in [-0.2, 0) is 9.53 Å². The fourth-order valence-corrected chi connectivity index (χ4v) is 3.05. The molecule has 1 atom stereocenters. The molecule has 0 fully saturated rings. The zero-order valence-corrected chi connectivity index (χ0v) is 14.8. The standard InChI is InChI=1S/C18H16N4O3S/c1-25-15(23)10-13(12-6-3-2-4-7-12)21-17(24)14-11-26-18(22-14)16-19-8-5-9-20-16/h2-9,11,13H,10H2,1H3,(H,21,24). The van der Waals surface area contributed by atoms with Crippen LogP contribution in [0, 0.1) is 0 Å². The molecule has 0 aliphatic heterocycles. The Balaban J connectivity index is 1.77. The molecule has 1 N–H and O–H groups in total. The van der Waals surface area contributed by atoms with Crippen molar-refractivity contribution in [2.45, 2.75) is 12.5 Å². The number of nitrogens with one attached hydrogen (secondary N) is 1. The van der Waals surface area contributed by atoms with Gasteiger partial charge in [0.1, 0.15) is 5.69 Å². The average molecular weight is 368 g/mol. The maximum Gasteiger partial charge on any atom is 0.307 e. The third-order valence-corrected chi connectivity index (χ3v) is 4.44. The maximum atomic E-state index is 12.6. The van der Waals surface area contributed by atoms with E-state index in [1.807, 2.05) is 30.3 Å². The summed E-state index contributed by atoms with van der Waals surface area (Å²) in [7, 11) is 1.32. The number of thiazole rings is 1. The molecule has 3 aromatic rings. The minimum atomic E-state index is -0.505. The summed E-state index contributed by atoms with van der Waals surface area (Å²) >= 11 is 1.28. The Morgan fingerprint density at radius 3 is 2.58 bits per heavy atom. The number of benzene rings is 1. The molecule has 0 aliphatic carbocycles. The van der Waals surface area contributed by atoms with Gasteiger partial charge in [-0.3, -0.25) is 9.59 Å². The summed E-state index contributed by atoms with van der Waals surface area (Å²) in [5.41, 5.74) is 1.07. The van der Waals surface area contributed by atoms with E-state index in [2.05, 4.69) is 20.3 Å². The quantitative estimate of drug-likeness (QED) is 0.672. The molecule has 0 saturated carbocycles. The normalized spacial score (nSPS) is 11.6. The van der Waals surface area contributed by atoms with E-state index >= 15 is 0 Å². The van der Waals surface area contributed by atoms with E-state index < -0.39 is 12.0 Å². The number of carbonyl (C=O) groups excluding carboxylic acids is 2.